The maximum absolute atomic E-state index is 13.6. The van der Waals surface area contributed by atoms with Gasteiger partial charge in [-0.1, -0.05) is 12.1 Å². The molecule has 3 aromatic rings. The number of rotatable bonds is 3. The molecule has 2 bridgehead atoms. The number of aryl methyl sites for hydroxylation is 1. The maximum Gasteiger partial charge on any atom is 0.271 e. The van der Waals surface area contributed by atoms with E-state index in [0.29, 0.717) is 18.5 Å². The van der Waals surface area contributed by atoms with Gasteiger partial charge in [0, 0.05) is 42.7 Å². The normalized spacial score (nSPS) is 26.1. The molecule has 2 aromatic heterocycles. The van der Waals surface area contributed by atoms with E-state index in [4.69, 9.17) is 4.74 Å². The van der Waals surface area contributed by atoms with Crippen LogP contribution in [0.2, 0.25) is 0 Å². The number of amides is 1. The molecule has 2 aliphatic rings. The number of carbonyl (C=O) groups excluding carboxylic acids is 1. The third-order valence-corrected chi connectivity index (χ3v) is 6.71. The molecule has 2 saturated heterocycles. The van der Waals surface area contributed by atoms with Gasteiger partial charge in [-0.05, 0) is 49.1 Å². The molecule has 0 radical (unpaired) electrons. The number of methoxy groups -OCH3 is 1. The molecule has 1 amide bonds. The van der Waals surface area contributed by atoms with Gasteiger partial charge in [-0.15, -0.1) is 0 Å². The van der Waals surface area contributed by atoms with Crippen molar-refractivity contribution >= 4 is 16.8 Å². The van der Waals surface area contributed by atoms with E-state index in [1.807, 2.05) is 42.2 Å². The number of nitrogens with zero attached hydrogens (tertiary/aromatic N) is 2. The fraction of sp³-hybridized carbons (Fsp3) is 0.391. The van der Waals surface area contributed by atoms with Crippen LogP contribution in [-0.4, -0.2) is 45.1 Å². The topological polar surface area (TPSA) is 78.4 Å². The second-order valence-corrected chi connectivity index (χ2v) is 8.28. The predicted molar refractivity (Wildman–Crippen MR) is 110 cm³/mol. The van der Waals surface area contributed by atoms with Crippen molar-refractivity contribution in [2.75, 3.05) is 7.11 Å². The van der Waals surface area contributed by atoms with Crippen molar-refractivity contribution < 1.29 is 14.6 Å². The van der Waals surface area contributed by atoms with Gasteiger partial charge in [0.15, 0.2) is 0 Å². The fourth-order valence-electron chi connectivity index (χ4n) is 5.29. The minimum absolute atomic E-state index is 0.0185. The van der Waals surface area contributed by atoms with Gasteiger partial charge in [0.1, 0.15) is 11.4 Å². The van der Waals surface area contributed by atoms with Crippen molar-refractivity contribution in [2.24, 2.45) is 0 Å². The summed E-state index contributed by atoms with van der Waals surface area (Å²) in [5, 5.41) is 12.3. The van der Waals surface area contributed by atoms with Crippen molar-refractivity contribution in [3.05, 3.63) is 59.5 Å². The Labute approximate surface area is 169 Å². The highest BCUT2D eigenvalue weighted by Crippen LogP contribution is 2.46. The van der Waals surface area contributed by atoms with E-state index in [1.165, 1.54) is 0 Å². The molecule has 2 N–H and O–H groups in total. The van der Waals surface area contributed by atoms with E-state index < -0.39 is 5.60 Å². The van der Waals surface area contributed by atoms with Crippen molar-refractivity contribution in [1.82, 2.24) is 14.9 Å². The van der Waals surface area contributed by atoms with Gasteiger partial charge in [-0.25, -0.2) is 0 Å². The van der Waals surface area contributed by atoms with Crippen LogP contribution in [0.15, 0.2) is 42.7 Å². The monoisotopic (exact) mass is 391 g/mol. The number of aliphatic hydroxyl groups is 1. The summed E-state index contributed by atoms with van der Waals surface area (Å²) in [6, 6.07) is 9.67. The summed E-state index contributed by atoms with van der Waals surface area (Å²) in [7, 11) is 1.64. The minimum Gasteiger partial charge on any atom is -0.495 e. The van der Waals surface area contributed by atoms with Gasteiger partial charge in [0.25, 0.3) is 5.91 Å². The molecular weight excluding hydrogens is 366 g/mol. The number of ether oxygens (including phenoxy) is 1. The van der Waals surface area contributed by atoms with E-state index in [0.717, 1.165) is 40.6 Å². The number of piperidine rings is 1. The Morgan fingerprint density at radius 3 is 2.55 bits per heavy atom. The molecule has 150 valence electrons. The van der Waals surface area contributed by atoms with Gasteiger partial charge < -0.3 is 19.7 Å². The summed E-state index contributed by atoms with van der Waals surface area (Å²) in [6.07, 6.45) is 6.39. The summed E-state index contributed by atoms with van der Waals surface area (Å²) in [4.78, 5) is 22.9. The Kier molecular flexibility index (Phi) is 4.13. The lowest BCUT2D eigenvalue weighted by atomic mass is 9.80. The van der Waals surface area contributed by atoms with Crippen molar-refractivity contribution in [2.45, 2.75) is 50.3 Å². The lowest BCUT2D eigenvalue weighted by Crippen LogP contribution is -2.52. The van der Waals surface area contributed by atoms with Crippen LogP contribution < -0.4 is 4.74 Å². The molecule has 1 aromatic carbocycles. The number of H-pyrrole nitrogens is 1. The van der Waals surface area contributed by atoms with Crippen LogP contribution in [-0.2, 0) is 5.60 Å². The first-order valence-electron chi connectivity index (χ1n) is 10.1. The molecule has 2 aliphatic heterocycles. The summed E-state index contributed by atoms with van der Waals surface area (Å²) in [6.45, 7) is 1.98. The fourth-order valence-corrected chi connectivity index (χ4v) is 5.29. The Balaban J connectivity index is 1.48. The lowest BCUT2D eigenvalue weighted by Gasteiger charge is -2.44. The zero-order valence-corrected chi connectivity index (χ0v) is 16.7. The highest BCUT2D eigenvalue weighted by molar-refractivity contribution is 6.02. The number of aromatic amines is 1. The maximum atomic E-state index is 13.6. The van der Waals surface area contributed by atoms with Gasteiger partial charge >= 0.3 is 0 Å². The highest BCUT2D eigenvalue weighted by atomic mass is 16.5. The summed E-state index contributed by atoms with van der Waals surface area (Å²) >= 11 is 0. The highest BCUT2D eigenvalue weighted by Gasteiger charge is 2.50. The predicted octanol–water partition coefficient (Wildman–Crippen LogP) is 3.53. The third kappa shape index (κ3) is 2.74. The van der Waals surface area contributed by atoms with Crippen LogP contribution in [0.3, 0.4) is 0 Å². The van der Waals surface area contributed by atoms with E-state index >= 15 is 0 Å². The Morgan fingerprint density at radius 1 is 1.21 bits per heavy atom. The summed E-state index contributed by atoms with van der Waals surface area (Å²) in [5.74, 6) is 0.753. The van der Waals surface area contributed by atoms with E-state index in [9.17, 15) is 9.90 Å². The molecule has 0 spiro atoms. The number of benzene rings is 1. The number of pyridine rings is 1. The van der Waals surface area contributed by atoms with Crippen LogP contribution in [0.1, 0.15) is 47.3 Å². The second kappa shape index (κ2) is 6.59. The zero-order chi connectivity index (χ0) is 20.2. The molecule has 6 heteroatoms. The molecular formula is C23H25N3O3. The second-order valence-electron chi connectivity index (χ2n) is 8.28. The SMILES string of the molecule is COc1cccc2c(C)c(C(=O)N3C4CCC3CC(O)(c3ccncc3)C4)[nH]c12. The van der Waals surface area contributed by atoms with E-state index in [1.54, 1.807) is 19.5 Å². The molecule has 0 saturated carbocycles. The van der Waals surface area contributed by atoms with Gasteiger partial charge in [-0.2, -0.15) is 0 Å². The van der Waals surface area contributed by atoms with Gasteiger partial charge in [0.2, 0.25) is 0 Å². The third-order valence-electron chi connectivity index (χ3n) is 6.71. The average Bonchev–Trinajstić information content (AvgIpc) is 3.23. The standard InChI is InChI=1S/C23H25N3O3/c1-14-18-4-3-5-19(29-2)21(18)25-20(14)22(27)26-16-6-7-17(26)13-23(28,12-16)15-8-10-24-11-9-15/h3-5,8-11,16-17,25,28H,6-7,12-13H2,1-2H3. The number of fused-ring (bicyclic) bond motifs is 3. The summed E-state index contributed by atoms with van der Waals surface area (Å²) < 4.78 is 5.46. The van der Waals surface area contributed by atoms with Crippen LogP contribution in [0.5, 0.6) is 5.75 Å². The molecule has 2 fully saturated rings. The quantitative estimate of drug-likeness (QED) is 0.716. The molecule has 2 unspecified atom stereocenters. The molecule has 2 atom stereocenters. The molecule has 0 aliphatic carbocycles. The molecule has 4 heterocycles. The van der Waals surface area contributed by atoms with Crippen molar-refractivity contribution in [1.29, 1.82) is 0 Å². The van der Waals surface area contributed by atoms with Crippen LogP contribution in [0, 0.1) is 6.92 Å². The van der Waals surface area contributed by atoms with Crippen LogP contribution in [0.25, 0.3) is 10.9 Å². The Morgan fingerprint density at radius 2 is 1.90 bits per heavy atom. The van der Waals surface area contributed by atoms with Crippen LogP contribution in [0.4, 0.5) is 0 Å². The van der Waals surface area contributed by atoms with E-state index in [2.05, 4.69) is 9.97 Å². The first-order chi connectivity index (χ1) is 14.0. The number of para-hydroxylation sites is 1. The smallest absolute Gasteiger partial charge is 0.271 e. The number of hydrogen-bond donors (Lipinski definition) is 2. The number of aromatic nitrogens is 2. The Hall–Kier alpha value is -2.86. The first-order valence-corrected chi connectivity index (χ1v) is 10.1. The first kappa shape index (κ1) is 18.2. The van der Waals surface area contributed by atoms with Crippen molar-refractivity contribution in [3.8, 4) is 5.75 Å². The largest absolute Gasteiger partial charge is 0.495 e. The molecule has 5 rings (SSSR count). The molecule has 6 nitrogen and oxygen atoms in total. The zero-order valence-electron chi connectivity index (χ0n) is 16.7. The number of hydrogen-bond acceptors (Lipinski definition) is 4. The average molecular weight is 391 g/mol. The minimum atomic E-state index is -0.899. The van der Waals surface area contributed by atoms with Crippen molar-refractivity contribution in [3.63, 3.8) is 0 Å². The number of carbonyl (C=O) groups is 1. The van der Waals surface area contributed by atoms with Gasteiger partial charge in [0.05, 0.1) is 18.2 Å². The van der Waals surface area contributed by atoms with Crippen LogP contribution >= 0.6 is 0 Å². The van der Waals surface area contributed by atoms with E-state index in [-0.39, 0.29) is 18.0 Å². The molecule has 29 heavy (non-hydrogen) atoms. The number of nitrogens with one attached hydrogen (secondary N) is 1. The lowest BCUT2D eigenvalue weighted by molar-refractivity contribution is -0.0481. The Bertz CT molecular complexity index is 1060. The summed E-state index contributed by atoms with van der Waals surface area (Å²) in [5.41, 5.74) is 2.41. The van der Waals surface area contributed by atoms with Gasteiger partial charge in [-0.3, -0.25) is 9.78 Å².